The third-order valence-corrected chi connectivity index (χ3v) is 3.21. The number of aliphatic hydroxyl groups excluding tert-OH is 1. The highest BCUT2D eigenvalue weighted by molar-refractivity contribution is 5.73. The standard InChI is InChI=1S/C16H26N2O3/c1-5-21-15-7-6-14(10-12(15)2)11-17-16(20)18(4)9-8-13(3)19/h6-7,10,13,19H,5,8-9,11H2,1-4H3,(H,17,20). The van der Waals surface area contributed by atoms with Crippen LogP contribution in [0.4, 0.5) is 4.79 Å². The molecule has 0 saturated carbocycles. The van der Waals surface area contributed by atoms with Crippen molar-refractivity contribution < 1.29 is 14.6 Å². The Hall–Kier alpha value is -1.75. The molecule has 2 N–H and O–H groups in total. The molecule has 0 heterocycles. The Balaban J connectivity index is 2.47. The summed E-state index contributed by atoms with van der Waals surface area (Å²) in [6, 6.07) is 5.76. The quantitative estimate of drug-likeness (QED) is 0.811. The third-order valence-electron chi connectivity index (χ3n) is 3.21. The minimum absolute atomic E-state index is 0.137. The van der Waals surface area contributed by atoms with Crippen LogP contribution in [0.2, 0.25) is 0 Å². The van der Waals surface area contributed by atoms with E-state index >= 15 is 0 Å². The lowest BCUT2D eigenvalue weighted by molar-refractivity contribution is 0.163. The molecule has 0 aromatic heterocycles. The lowest BCUT2D eigenvalue weighted by atomic mass is 10.1. The molecule has 0 saturated heterocycles. The number of nitrogens with zero attached hydrogens (tertiary/aromatic N) is 1. The van der Waals surface area contributed by atoms with E-state index in [4.69, 9.17) is 4.74 Å². The van der Waals surface area contributed by atoms with Crippen LogP contribution < -0.4 is 10.1 Å². The van der Waals surface area contributed by atoms with Crippen LogP contribution >= 0.6 is 0 Å². The Bertz CT molecular complexity index is 461. The van der Waals surface area contributed by atoms with Crippen molar-refractivity contribution in [2.24, 2.45) is 0 Å². The molecular weight excluding hydrogens is 268 g/mol. The fourth-order valence-corrected chi connectivity index (χ4v) is 1.93. The number of carbonyl (C=O) groups is 1. The predicted molar refractivity (Wildman–Crippen MR) is 83.5 cm³/mol. The highest BCUT2D eigenvalue weighted by Crippen LogP contribution is 2.19. The predicted octanol–water partition coefficient (Wildman–Crippen LogP) is 2.31. The first-order valence-corrected chi connectivity index (χ1v) is 7.33. The van der Waals surface area contributed by atoms with Gasteiger partial charge in [-0.25, -0.2) is 4.79 Å². The highest BCUT2D eigenvalue weighted by Gasteiger charge is 2.09. The Morgan fingerprint density at radius 1 is 1.48 bits per heavy atom. The zero-order valence-electron chi connectivity index (χ0n) is 13.3. The number of aryl methyl sites for hydroxylation is 1. The molecule has 1 aromatic rings. The van der Waals surface area contributed by atoms with Gasteiger partial charge in [0.2, 0.25) is 0 Å². The van der Waals surface area contributed by atoms with Gasteiger partial charge in [0.1, 0.15) is 5.75 Å². The molecule has 1 aromatic carbocycles. The molecule has 0 aliphatic carbocycles. The van der Waals surface area contributed by atoms with Crippen LogP contribution in [0.5, 0.6) is 5.75 Å². The molecule has 118 valence electrons. The summed E-state index contributed by atoms with van der Waals surface area (Å²) in [7, 11) is 1.72. The zero-order valence-corrected chi connectivity index (χ0v) is 13.3. The summed E-state index contributed by atoms with van der Waals surface area (Å²) < 4.78 is 5.49. The molecular formula is C16H26N2O3. The van der Waals surface area contributed by atoms with Crippen molar-refractivity contribution in [3.05, 3.63) is 29.3 Å². The van der Waals surface area contributed by atoms with Crippen LogP contribution in [-0.4, -0.2) is 42.3 Å². The molecule has 0 aliphatic heterocycles. The molecule has 0 aliphatic rings. The number of hydrogen-bond donors (Lipinski definition) is 2. The minimum Gasteiger partial charge on any atom is -0.494 e. The molecule has 5 heteroatoms. The van der Waals surface area contributed by atoms with Gasteiger partial charge >= 0.3 is 6.03 Å². The Labute approximate surface area is 126 Å². The van der Waals surface area contributed by atoms with E-state index in [1.165, 1.54) is 0 Å². The third kappa shape index (κ3) is 6.04. The molecule has 0 bridgehead atoms. The fraction of sp³-hybridized carbons (Fsp3) is 0.562. The summed E-state index contributed by atoms with van der Waals surface area (Å²) in [5, 5.41) is 12.1. The second-order valence-corrected chi connectivity index (χ2v) is 5.25. The van der Waals surface area contributed by atoms with E-state index in [1.54, 1.807) is 18.9 Å². The van der Waals surface area contributed by atoms with Crippen molar-refractivity contribution in [3.8, 4) is 5.75 Å². The summed E-state index contributed by atoms with van der Waals surface area (Å²) in [5.74, 6) is 0.877. The second-order valence-electron chi connectivity index (χ2n) is 5.25. The smallest absolute Gasteiger partial charge is 0.317 e. The maximum Gasteiger partial charge on any atom is 0.317 e. The number of benzene rings is 1. The minimum atomic E-state index is -0.394. The van der Waals surface area contributed by atoms with Crippen LogP contribution in [0.15, 0.2) is 18.2 Å². The van der Waals surface area contributed by atoms with E-state index in [9.17, 15) is 9.90 Å². The summed E-state index contributed by atoms with van der Waals surface area (Å²) >= 11 is 0. The van der Waals surface area contributed by atoms with Gasteiger partial charge in [-0.2, -0.15) is 0 Å². The average molecular weight is 294 g/mol. The summed E-state index contributed by atoms with van der Waals surface area (Å²) in [5.41, 5.74) is 2.10. The molecule has 0 spiro atoms. The average Bonchev–Trinajstić information content (AvgIpc) is 2.44. The first kappa shape index (κ1) is 17.3. The van der Waals surface area contributed by atoms with E-state index in [0.717, 1.165) is 16.9 Å². The van der Waals surface area contributed by atoms with Gasteiger partial charge in [-0.15, -0.1) is 0 Å². The number of carbonyl (C=O) groups excluding carboxylic acids is 1. The van der Waals surface area contributed by atoms with E-state index in [0.29, 0.717) is 26.1 Å². The van der Waals surface area contributed by atoms with Gasteiger partial charge in [0.05, 0.1) is 12.7 Å². The van der Waals surface area contributed by atoms with E-state index in [-0.39, 0.29) is 6.03 Å². The van der Waals surface area contributed by atoms with Crippen molar-refractivity contribution in [2.75, 3.05) is 20.2 Å². The second kappa shape index (κ2) is 8.52. The molecule has 1 atom stereocenters. The van der Waals surface area contributed by atoms with Crippen molar-refractivity contribution in [1.82, 2.24) is 10.2 Å². The largest absolute Gasteiger partial charge is 0.494 e. The van der Waals surface area contributed by atoms with Crippen molar-refractivity contribution >= 4 is 6.03 Å². The maximum absolute atomic E-state index is 11.9. The monoisotopic (exact) mass is 294 g/mol. The number of amides is 2. The SMILES string of the molecule is CCOc1ccc(CNC(=O)N(C)CCC(C)O)cc1C. The zero-order chi connectivity index (χ0) is 15.8. The Morgan fingerprint density at radius 3 is 2.76 bits per heavy atom. The molecule has 21 heavy (non-hydrogen) atoms. The van der Waals surface area contributed by atoms with E-state index in [1.807, 2.05) is 32.0 Å². The van der Waals surface area contributed by atoms with Crippen LogP contribution in [0.3, 0.4) is 0 Å². The Morgan fingerprint density at radius 2 is 2.19 bits per heavy atom. The highest BCUT2D eigenvalue weighted by atomic mass is 16.5. The number of urea groups is 1. The topological polar surface area (TPSA) is 61.8 Å². The van der Waals surface area contributed by atoms with Crippen molar-refractivity contribution in [2.45, 2.75) is 39.8 Å². The lowest BCUT2D eigenvalue weighted by Gasteiger charge is -2.19. The van der Waals surface area contributed by atoms with E-state index < -0.39 is 6.10 Å². The summed E-state index contributed by atoms with van der Waals surface area (Å²) in [6.45, 7) is 7.32. The molecule has 1 unspecified atom stereocenters. The van der Waals surface area contributed by atoms with Crippen LogP contribution in [0.25, 0.3) is 0 Å². The van der Waals surface area contributed by atoms with Crippen molar-refractivity contribution in [1.29, 1.82) is 0 Å². The Kier molecular flexibility index (Phi) is 7.02. The number of rotatable bonds is 7. The lowest BCUT2D eigenvalue weighted by Crippen LogP contribution is -2.38. The fourth-order valence-electron chi connectivity index (χ4n) is 1.93. The summed E-state index contributed by atoms with van der Waals surface area (Å²) in [6.07, 6.45) is 0.181. The van der Waals surface area contributed by atoms with Crippen LogP contribution in [-0.2, 0) is 6.54 Å². The molecule has 0 radical (unpaired) electrons. The summed E-state index contributed by atoms with van der Waals surface area (Å²) in [4.78, 5) is 13.5. The number of aliphatic hydroxyl groups is 1. The molecule has 0 fully saturated rings. The van der Waals surface area contributed by atoms with Gasteiger partial charge in [0.25, 0.3) is 0 Å². The normalized spacial score (nSPS) is 11.9. The number of ether oxygens (including phenoxy) is 1. The van der Waals surface area contributed by atoms with Gasteiger partial charge in [-0.3, -0.25) is 0 Å². The molecule has 5 nitrogen and oxygen atoms in total. The molecule has 1 rings (SSSR count). The first-order chi connectivity index (χ1) is 9.93. The van der Waals surface area contributed by atoms with Crippen LogP contribution in [0.1, 0.15) is 31.4 Å². The van der Waals surface area contributed by atoms with Gasteiger partial charge in [0.15, 0.2) is 0 Å². The number of nitrogens with one attached hydrogen (secondary N) is 1. The van der Waals surface area contributed by atoms with E-state index in [2.05, 4.69) is 5.32 Å². The van der Waals surface area contributed by atoms with Crippen LogP contribution in [0, 0.1) is 6.92 Å². The van der Waals surface area contributed by atoms with Gasteiger partial charge in [-0.1, -0.05) is 12.1 Å². The van der Waals surface area contributed by atoms with Crippen molar-refractivity contribution in [3.63, 3.8) is 0 Å². The number of hydrogen-bond acceptors (Lipinski definition) is 3. The first-order valence-electron chi connectivity index (χ1n) is 7.33. The van der Waals surface area contributed by atoms with Gasteiger partial charge < -0.3 is 20.1 Å². The molecule has 2 amide bonds. The maximum atomic E-state index is 11.9. The van der Waals surface area contributed by atoms with Gasteiger partial charge in [0, 0.05) is 20.1 Å². The van der Waals surface area contributed by atoms with Gasteiger partial charge in [-0.05, 0) is 44.4 Å².